The Morgan fingerprint density at radius 1 is 1.17 bits per heavy atom. The number of para-hydroxylation sites is 1. The van der Waals surface area contributed by atoms with E-state index in [0.717, 1.165) is 50.0 Å². The number of nitrogens with one attached hydrogen (secondary N) is 1. The normalized spacial score (nSPS) is 16.8. The van der Waals surface area contributed by atoms with Crippen LogP contribution in [-0.4, -0.2) is 60.2 Å². The van der Waals surface area contributed by atoms with E-state index in [1.54, 1.807) is 6.07 Å². The molecule has 0 aliphatic carbocycles. The van der Waals surface area contributed by atoms with Gasteiger partial charge in [-0.2, -0.15) is 0 Å². The van der Waals surface area contributed by atoms with Crippen molar-refractivity contribution < 1.29 is 4.74 Å². The van der Waals surface area contributed by atoms with Crippen LogP contribution in [0.4, 0.5) is 0 Å². The van der Waals surface area contributed by atoms with Crippen molar-refractivity contribution >= 4 is 10.9 Å². The van der Waals surface area contributed by atoms with Crippen molar-refractivity contribution in [2.24, 2.45) is 0 Å². The lowest BCUT2D eigenvalue weighted by Gasteiger charge is -2.36. The highest BCUT2D eigenvalue weighted by molar-refractivity contribution is 5.84. The maximum atomic E-state index is 11.7. The molecule has 0 radical (unpaired) electrons. The monoisotopic (exact) mass is 329 g/mol. The van der Waals surface area contributed by atoms with E-state index in [0.29, 0.717) is 18.4 Å². The summed E-state index contributed by atoms with van der Waals surface area (Å²) in [5.41, 5.74) is 0.707. The Kier molecular flexibility index (Phi) is 5.53. The van der Waals surface area contributed by atoms with E-state index in [4.69, 9.17) is 4.74 Å². The average molecular weight is 329 g/mol. The van der Waals surface area contributed by atoms with E-state index < -0.39 is 0 Å². The van der Waals surface area contributed by atoms with Gasteiger partial charge in [-0.05, 0) is 32.4 Å². The van der Waals surface area contributed by atoms with Crippen LogP contribution < -0.4 is 10.3 Å². The van der Waals surface area contributed by atoms with E-state index in [-0.39, 0.29) is 5.56 Å². The number of nitrogens with zero attached hydrogens (tertiary/aromatic N) is 2. The fourth-order valence-corrected chi connectivity index (χ4v) is 3.27. The molecule has 1 saturated heterocycles. The van der Waals surface area contributed by atoms with Gasteiger partial charge < -0.3 is 14.6 Å². The molecular weight excluding hydrogens is 302 g/mol. The van der Waals surface area contributed by atoms with Crippen molar-refractivity contribution in [3.8, 4) is 5.75 Å². The summed E-state index contributed by atoms with van der Waals surface area (Å²) in [5, 5.41) is 0.961. The van der Waals surface area contributed by atoms with Gasteiger partial charge in [-0.25, -0.2) is 0 Å². The fourth-order valence-electron chi connectivity index (χ4n) is 3.27. The summed E-state index contributed by atoms with van der Waals surface area (Å²) in [5.74, 6) is 0.680. The first-order valence-corrected chi connectivity index (χ1v) is 8.85. The lowest BCUT2D eigenvalue weighted by molar-refractivity contribution is 0.104. The molecule has 1 aliphatic rings. The van der Waals surface area contributed by atoms with Crippen molar-refractivity contribution in [2.75, 3.05) is 39.3 Å². The van der Waals surface area contributed by atoms with E-state index in [1.807, 2.05) is 24.3 Å². The van der Waals surface area contributed by atoms with Crippen LogP contribution in [0.1, 0.15) is 20.3 Å². The van der Waals surface area contributed by atoms with Crippen LogP contribution in [0.25, 0.3) is 10.9 Å². The van der Waals surface area contributed by atoms with Gasteiger partial charge in [0.25, 0.3) is 5.56 Å². The minimum atomic E-state index is -0.117. The smallest absolute Gasteiger partial charge is 0.252 e. The summed E-state index contributed by atoms with van der Waals surface area (Å²) in [4.78, 5) is 19.6. The molecule has 1 aromatic heterocycles. The first kappa shape index (κ1) is 17.0. The van der Waals surface area contributed by atoms with E-state index in [2.05, 4.69) is 28.6 Å². The average Bonchev–Trinajstić information content (AvgIpc) is 2.58. The molecule has 3 rings (SSSR count). The maximum absolute atomic E-state index is 11.7. The standard InChI is InChI=1S/C19H27N3O2/c1-15(2)22-11-9-21(10-12-22)8-5-13-24-18-14-19(23)20-17-7-4-3-6-16(17)18/h3-4,6-7,14-15H,5,8-13H2,1-2H3,(H,20,23). The first-order valence-electron chi connectivity index (χ1n) is 8.85. The molecule has 0 spiro atoms. The molecule has 0 amide bonds. The Bertz CT molecular complexity index is 718. The van der Waals surface area contributed by atoms with Gasteiger partial charge in [0.1, 0.15) is 5.75 Å². The summed E-state index contributed by atoms with van der Waals surface area (Å²) in [7, 11) is 0. The molecule has 130 valence electrons. The molecule has 1 aliphatic heterocycles. The number of H-pyrrole nitrogens is 1. The van der Waals surface area contributed by atoms with Gasteiger partial charge in [0.05, 0.1) is 12.1 Å². The molecule has 0 atom stereocenters. The largest absolute Gasteiger partial charge is 0.493 e. The number of pyridine rings is 1. The summed E-state index contributed by atoms with van der Waals surface area (Å²) in [6, 6.07) is 9.94. The third kappa shape index (κ3) is 4.16. The van der Waals surface area contributed by atoms with Crippen molar-refractivity contribution in [2.45, 2.75) is 26.3 Å². The predicted molar refractivity (Wildman–Crippen MR) is 97.8 cm³/mol. The van der Waals surface area contributed by atoms with Crippen LogP contribution >= 0.6 is 0 Å². The molecule has 0 bridgehead atoms. The second kappa shape index (κ2) is 7.81. The van der Waals surface area contributed by atoms with E-state index >= 15 is 0 Å². The van der Waals surface area contributed by atoms with Crippen molar-refractivity contribution in [1.82, 2.24) is 14.8 Å². The Labute approximate surface area is 143 Å². The molecule has 5 nitrogen and oxygen atoms in total. The highest BCUT2D eigenvalue weighted by atomic mass is 16.5. The predicted octanol–water partition coefficient (Wildman–Crippen LogP) is 2.32. The molecule has 0 unspecified atom stereocenters. The molecular formula is C19H27N3O2. The van der Waals surface area contributed by atoms with Gasteiger partial charge in [-0.15, -0.1) is 0 Å². The van der Waals surface area contributed by atoms with Gasteiger partial charge in [-0.3, -0.25) is 9.69 Å². The molecule has 0 saturated carbocycles. The van der Waals surface area contributed by atoms with Crippen LogP contribution in [-0.2, 0) is 0 Å². The second-order valence-electron chi connectivity index (χ2n) is 6.72. The molecule has 2 heterocycles. The van der Waals surface area contributed by atoms with Gasteiger partial charge in [0.2, 0.25) is 0 Å². The number of ether oxygens (including phenoxy) is 1. The number of fused-ring (bicyclic) bond motifs is 1. The van der Waals surface area contributed by atoms with E-state index in [1.165, 1.54) is 0 Å². The number of rotatable bonds is 6. The Hall–Kier alpha value is -1.85. The summed E-state index contributed by atoms with van der Waals surface area (Å²) >= 11 is 0. The summed E-state index contributed by atoms with van der Waals surface area (Å²) < 4.78 is 5.89. The summed E-state index contributed by atoms with van der Waals surface area (Å²) in [6.45, 7) is 10.8. The molecule has 5 heteroatoms. The zero-order valence-corrected chi connectivity index (χ0v) is 14.6. The quantitative estimate of drug-likeness (QED) is 0.827. The fraction of sp³-hybridized carbons (Fsp3) is 0.526. The Morgan fingerprint density at radius 3 is 2.67 bits per heavy atom. The third-order valence-corrected chi connectivity index (χ3v) is 4.73. The summed E-state index contributed by atoms with van der Waals surface area (Å²) in [6.07, 6.45) is 0.975. The lowest BCUT2D eigenvalue weighted by atomic mass is 10.2. The molecule has 24 heavy (non-hydrogen) atoms. The van der Waals surface area contributed by atoms with Crippen LogP contribution in [0.2, 0.25) is 0 Å². The second-order valence-corrected chi connectivity index (χ2v) is 6.72. The van der Waals surface area contributed by atoms with E-state index in [9.17, 15) is 4.79 Å². The number of hydrogen-bond donors (Lipinski definition) is 1. The van der Waals surface area contributed by atoms with Gasteiger partial charge in [0.15, 0.2) is 0 Å². The Balaban J connectivity index is 1.48. The topological polar surface area (TPSA) is 48.6 Å². The first-order chi connectivity index (χ1) is 11.6. The Morgan fingerprint density at radius 2 is 1.92 bits per heavy atom. The van der Waals surface area contributed by atoms with Crippen LogP contribution in [0.3, 0.4) is 0 Å². The number of benzene rings is 1. The zero-order chi connectivity index (χ0) is 16.9. The van der Waals surface area contributed by atoms with Crippen LogP contribution in [0, 0.1) is 0 Å². The van der Waals surface area contributed by atoms with Crippen LogP contribution in [0.15, 0.2) is 35.1 Å². The van der Waals surface area contributed by atoms with Gasteiger partial charge in [-0.1, -0.05) is 12.1 Å². The van der Waals surface area contributed by atoms with Crippen molar-refractivity contribution in [3.05, 3.63) is 40.7 Å². The number of hydrogen-bond acceptors (Lipinski definition) is 4. The number of piperazine rings is 1. The zero-order valence-electron chi connectivity index (χ0n) is 14.6. The molecule has 1 N–H and O–H groups in total. The lowest BCUT2D eigenvalue weighted by Crippen LogP contribution is -2.49. The third-order valence-electron chi connectivity index (χ3n) is 4.73. The minimum absolute atomic E-state index is 0.117. The van der Waals surface area contributed by atoms with Gasteiger partial charge >= 0.3 is 0 Å². The number of aromatic amines is 1. The van der Waals surface area contributed by atoms with Crippen LogP contribution in [0.5, 0.6) is 5.75 Å². The van der Waals surface area contributed by atoms with Gasteiger partial charge in [0, 0.05) is 50.2 Å². The maximum Gasteiger partial charge on any atom is 0.252 e. The molecule has 1 fully saturated rings. The van der Waals surface area contributed by atoms with Crippen molar-refractivity contribution in [3.63, 3.8) is 0 Å². The van der Waals surface area contributed by atoms with Crippen molar-refractivity contribution in [1.29, 1.82) is 0 Å². The molecule has 1 aromatic carbocycles. The highest BCUT2D eigenvalue weighted by Gasteiger charge is 2.18. The minimum Gasteiger partial charge on any atom is -0.493 e. The highest BCUT2D eigenvalue weighted by Crippen LogP contribution is 2.21. The number of aromatic nitrogens is 1. The molecule has 2 aromatic rings. The SMILES string of the molecule is CC(C)N1CCN(CCCOc2cc(=O)[nH]c3ccccc23)CC1.